The van der Waals surface area contributed by atoms with E-state index in [9.17, 15) is 14.7 Å². The van der Waals surface area contributed by atoms with Gasteiger partial charge < -0.3 is 19.3 Å². The summed E-state index contributed by atoms with van der Waals surface area (Å²) in [6, 6.07) is 2.66. The molecule has 1 N–H and O–H groups in total. The van der Waals surface area contributed by atoms with Crippen LogP contribution in [0.2, 0.25) is 0 Å². The molecule has 0 aromatic heterocycles. The third-order valence-corrected chi connectivity index (χ3v) is 2.77. The van der Waals surface area contributed by atoms with Crippen molar-refractivity contribution in [1.82, 2.24) is 0 Å². The van der Waals surface area contributed by atoms with E-state index in [4.69, 9.17) is 14.2 Å². The van der Waals surface area contributed by atoms with Crippen molar-refractivity contribution >= 4 is 11.8 Å². The molecule has 0 saturated heterocycles. The van der Waals surface area contributed by atoms with Crippen molar-refractivity contribution in [1.29, 1.82) is 0 Å². The summed E-state index contributed by atoms with van der Waals surface area (Å²) in [4.78, 5) is 23.5. The van der Waals surface area contributed by atoms with Crippen LogP contribution in [0, 0.1) is 0 Å². The summed E-state index contributed by atoms with van der Waals surface area (Å²) in [5, 5.41) is 9.62. The average molecular weight is 266 g/mol. The summed E-state index contributed by atoms with van der Waals surface area (Å²) < 4.78 is 15.2. The van der Waals surface area contributed by atoms with Gasteiger partial charge in [0.2, 0.25) is 6.10 Å². The van der Waals surface area contributed by atoms with Crippen LogP contribution in [0.4, 0.5) is 0 Å². The standard InChI is InChI=1S/C13H14O6/c1-3-18-13(16)12-5-8(14)7-4-9(15)11(17-2)6-10(7)19-12/h4,6,12,15H,3,5H2,1-2H3. The molecule has 1 atom stereocenters. The number of hydrogen-bond donors (Lipinski definition) is 1. The van der Waals surface area contributed by atoms with Crippen LogP contribution in [-0.4, -0.2) is 36.7 Å². The Morgan fingerprint density at radius 3 is 2.89 bits per heavy atom. The zero-order valence-corrected chi connectivity index (χ0v) is 10.6. The van der Waals surface area contributed by atoms with Crippen molar-refractivity contribution in [2.24, 2.45) is 0 Å². The van der Waals surface area contributed by atoms with E-state index in [-0.39, 0.29) is 41.6 Å². The van der Waals surface area contributed by atoms with Gasteiger partial charge in [-0.2, -0.15) is 0 Å². The zero-order valence-electron chi connectivity index (χ0n) is 10.6. The molecule has 0 radical (unpaired) electrons. The van der Waals surface area contributed by atoms with Crippen LogP contribution in [0.5, 0.6) is 17.2 Å². The lowest BCUT2D eigenvalue weighted by atomic mass is 10.00. The predicted molar refractivity (Wildman–Crippen MR) is 64.7 cm³/mol. The summed E-state index contributed by atoms with van der Waals surface area (Å²) in [5.74, 6) is -0.612. The van der Waals surface area contributed by atoms with Gasteiger partial charge in [0.05, 0.1) is 25.7 Å². The number of benzene rings is 1. The molecule has 0 spiro atoms. The third-order valence-electron chi connectivity index (χ3n) is 2.77. The first kappa shape index (κ1) is 13.2. The molecule has 1 heterocycles. The maximum atomic E-state index is 11.9. The van der Waals surface area contributed by atoms with Crippen molar-refractivity contribution in [2.75, 3.05) is 13.7 Å². The minimum absolute atomic E-state index is 0.0996. The number of carbonyl (C=O) groups excluding carboxylic acids is 2. The number of hydrogen-bond acceptors (Lipinski definition) is 6. The summed E-state index contributed by atoms with van der Waals surface area (Å²) in [6.07, 6.45) is -1.05. The number of rotatable bonds is 3. The molecular formula is C13H14O6. The fourth-order valence-electron chi connectivity index (χ4n) is 1.87. The second kappa shape index (κ2) is 5.17. The van der Waals surface area contributed by atoms with E-state index in [1.54, 1.807) is 6.92 Å². The topological polar surface area (TPSA) is 82.1 Å². The van der Waals surface area contributed by atoms with E-state index in [2.05, 4.69) is 0 Å². The highest BCUT2D eigenvalue weighted by molar-refractivity contribution is 6.03. The number of ketones is 1. The smallest absolute Gasteiger partial charge is 0.347 e. The van der Waals surface area contributed by atoms with Crippen LogP contribution in [0.15, 0.2) is 12.1 Å². The van der Waals surface area contributed by atoms with Crippen LogP contribution >= 0.6 is 0 Å². The quantitative estimate of drug-likeness (QED) is 0.830. The Labute approximate surface area is 109 Å². The maximum absolute atomic E-state index is 11.9. The molecular weight excluding hydrogens is 252 g/mol. The Balaban J connectivity index is 2.32. The van der Waals surface area contributed by atoms with Gasteiger partial charge >= 0.3 is 5.97 Å². The number of phenolic OH excluding ortho intramolecular Hbond substituents is 1. The number of Topliss-reactive ketones (excluding diaryl/α,β-unsaturated/α-hetero) is 1. The van der Waals surface area contributed by atoms with Gasteiger partial charge in [0, 0.05) is 6.07 Å². The van der Waals surface area contributed by atoms with E-state index in [0.717, 1.165) is 0 Å². The summed E-state index contributed by atoms with van der Waals surface area (Å²) in [7, 11) is 1.38. The lowest BCUT2D eigenvalue weighted by Gasteiger charge is -2.24. The van der Waals surface area contributed by atoms with Crippen molar-refractivity contribution in [2.45, 2.75) is 19.4 Å². The summed E-state index contributed by atoms with van der Waals surface area (Å²) in [5.41, 5.74) is 0.235. The molecule has 0 aliphatic carbocycles. The molecule has 2 rings (SSSR count). The molecule has 6 heteroatoms. The van der Waals surface area contributed by atoms with Gasteiger partial charge in [-0.15, -0.1) is 0 Å². The van der Waals surface area contributed by atoms with Gasteiger partial charge in [-0.1, -0.05) is 0 Å². The number of ether oxygens (including phenoxy) is 3. The van der Waals surface area contributed by atoms with Crippen LogP contribution in [-0.2, 0) is 9.53 Å². The van der Waals surface area contributed by atoms with Crippen molar-refractivity contribution in [3.8, 4) is 17.2 Å². The monoisotopic (exact) mass is 266 g/mol. The van der Waals surface area contributed by atoms with Crippen LogP contribution in [0.1, 0.15) is 23.7 Å². The van der Waals surface area contributed by atoms with Crippen molar-refractivity contribution in [3.05, 3.63) is 17.7 Å². The molecule has 0 fully saturated rings. The van der Waals surface area contributed by atoms with Gasteiger partial charge in [-0.25, -0.2) is 4.79 Å². The molecule has 1 aromatic carbocycles. The van der Waals surface area contributed by atoms with E-state index >= 15 is 0 Å². The lowest BCUT2D eigenvalue weighted by Crippen LogP contribution is -2.35. The zero-order chi connectivity index (χ0) is 14.0. The molecule has 1 unspecified atom stereocenters. The normalized spacial score (nSPS) is 17.4. The number of methoxy groups -OCH3 is 1. The maximum Gasteiger partial charge on any atom is 0.347 e. The highest BCUT2D eigenvalue weighted by atomic mass is 16.6. The van der Waals surface area contributed by atoms with Gasteiger partial charge in [0.15, 0.2) is 17.3 Å². The third kappa shape index (κ3) is 2.47. The molecule has 102 valence electrons. The van der Waals surface area contributed by atoms with Gasteiger partial charge in [-0.05, 0) is 13.0 Å². The minimum Gasteiger partial charge on any atom is -0.504 e. The first-order valence-electron chi connectivity index (χ1n) is 5.84. The Hall–Kier alpha value is -2.24. The lowest BCUT2D eigenvalue weighted by molar-refractivity contribution is -0.151. The van der Waals surface area contributed by atoms with Crippen LogP contribution in [0.25, 0.3) is 0 Å². The van der Waals surface area contributed by atoms with E-state index in [0.29, 0.717) is 0 Å². The fraction of sp³-hybridized carbons (Fsp3) is 0.385. The number of aromatic hydroxyl groups is 1. The van der Waals surface area contributed by atoms with Crippen LogP contribution in [0.3, 0.4) is 0 Å². The molecule has 0 saturated carbocycles. The van der Waals surface area contributed by atoms with E-state index < -0.39 is 12.1 Å². The predicted octanol–water partition coefficient (Wildman–Crippen LogP) is 1.30. The number of fused-ring (bicyclic) bond motifs is 1. The van der Waals surface area contributed by atoms with Crippen molar-refractivity contribution < 1.29 is 28.9 Å². The summed E-state index contributed by atoms with van der Waals surface area (Å²) >= 11 is 0. The molecule has 6 nitrogen and oxygen atoms in total. The second-order valence-corrected chi connectivity index (χ2v) is 4.01. The molecule has 0 bridgehead atoms. The molecule has 1 aromatic rings. The van der Waals surface area contributed by atoms with E-state index in [1.165, 1.54) is 19.2 Å². The van der Waals surface area contributed by atoms with Gasteiger partial charge in [-0.3, -0.25) is 4.79 Å². The Morgan fingerprint density at radius 2 is 2.26 bits per heavy atom. The number of carbonyl (C=O) groups is 2. The van der Waals surface area contributed by atoms with Crippen molar-refractivity contribution in [3.63, 3.8) is 0 Å². The first-order chi connectivity index (χ1) is 9.06. The highest BCUT2D eigenvalue weighted by Crippen LogP contribution is 2.37. The average Bonchev–Trinajstić information content (AvgIpc) is 2.39. The minimum atomic E-state index is -0.950. The molecule has 0 amide bonds. The Kier molecular flexibility index (Phi) is 3.59. The second-order valence-electron chi connectivity index (χ2n) is 4.01. The first-order valence-corrected chi connectivity index (χ1v) is 5.84. The number of phenols is 1. The molecule has 19 heavy (non-hydrogen) atoms. The van der Waals surface area contributed by atoms with Gasteiger partial charge in [0.1, 0.15) is 5.75 Å². The number of esters is 1. The summed E-state index contributed by atoms with van der Waals surface area (Å²) in [6.45, 7) is 1.90. The largest absolute Gasteiger partial charge is 0.504 e. The Morgan fingerprint density at radius 1 is 1.53 bits per heavy atom. The molecule has 1 aliphatic rings. The van der Waals surface area contributed by atoms with Crippen LogP contribution < -0.4 is 9.47 Å². The SMILES string of the molecule is CCOC(=O)C1CC(=O)c2cc(O)c(OC)cc2O1. The van der Waals surface area contributed by atoms with E-state index in [1.807, 2.05) is 0 Å². The van der Waals surface area contributed by atoms with Gasteiger partial charge in [0.25, 0.3) is 0 Å². The highest BCUT2D eigenvalue weighted by Gasteiger charge is 2.33. The Bertz CT molecular complexity index is 522. The fourth-order valence-corrected chi connectivity index (χ4v) is 1.87. The molecule has 1 aliphatic heterocycles.